The molecule has 0 aromatic heterocycles. The summed E-state index contributed by atoms with van der Waals surface area (Å²) >= 11 is 6.18. The SMILES string of the molecule is C=c1cc(Cl)cc/c1=C(/c1cc(OC)ccc1C)N1CC2(CN(C)C2)C1. The normalized spacial score (nSPS) is 19.8. The zero-order valence-corrected chi connectivity index (χ0v) is 16.4. The van der Waals surface area contributed by atoms with Crippen molar-refractivity contribution in [1.82, 2.24) is 9.80 Å². The first kappa shape index (κ1) is 17.4. The minimum atomic E-state index is 0.459. The van der Waals surface area contributed by atoms with Crippen molar-refractivity contribution in [1.29, 1.82) is 0 Å². The minimum Gasteiger partial charge on any atom is -0.497 e. The zero-order valence-electron chi connectivity index (χ0n) is 15.7. The van der Waals surface area contributed by atoms with E-state index in [0.29, 0.717) is 5.41 Å². The van der Waals surface area contributed by atoms with Crippen molar-refractivity contribution in [2.75, 3.05) is 40.3 Å². The molecular formula is C22H25ClN2O. The lowest BCUT2D eigenvalue weighted by Crippen LogP contribution is -2.71. The third kappa shape index (κ3) is 2.89. The molecule has 2 fully saturated rings. The Kier molecular flexibility index (Phi) is 4.25. The molecule has 3 nitrogen and oxygen atoms in total. The van der Waals surface area contributed by atoms with E-state index in [4.69, 9.17) is 16.3 Å². The molecule has 1 spiro atoms. The second-order valence-corrected chi connectivity index (χ2v) is 8.30. The second kappa shape index (κ2) is 6.33. The van der Waals surface area contributed by atoms with Gasteiger partial charge in [-0.2, -0.15) is 0 Å². The molecular weight excluding hydrogens is 344 g/mol. The molecule has 0 amide bonds. The highest BCUT2D eigenvalue weighted by atomic mass is 35.5. The number of hydrogen-bond acceptors (Lipinski definition) is 3. The van der Waals surface area contributed by atoms with Gasteiger partial charge in [-0.1, -0.05) is 30.3 Å². The van der Waals surface area contributed by atoms with Crippen LogP contribution < -0.4 is 15.2 Å². The highest BCUT2D eigenvalue weighted by Crippen LogP contribution is 2.42. The van der Waals surface area contributed by atoms with Gasteiger partial charge in [-0.05, 0) is 49.0 Å². The predicted octanol–water partition coefficient (Wildman–Crippen LogP) is 2.47. The molecule has 2 aromatic rings. The smallest absolute Gasteiger partial charge is 0.119 e. The summed E-state index contributed by atoms with van der Waals surface area (Å²) in [5.41, 5.74) is 4.14. The molecule has 136 valence electrons. The van der Waals surface area contributed by atoms with Gasteiger partial charge >= 0.3 is 0 Å². The van der Waals surface area contributed by atoms with E-state index >= 15 is 0 Å². The monoisotopic (exact) mass is 368 g/mol. The van der Waals surface area contributed by atoms with Crippen LogP contribution in [0.15, 0.2) is 36.4 Å². The highest BCUT2D eigenvalue weighted by Gasteiger charge is 2.51. The number of nitrogens with zero attached hydrogens (tertiary/aromatic N) is 2. The van der Waals surface area contributed by atoms with Gasteiger partial charge in [-0.15, -0.1) is 0 Å². The molecule has 0 radical (unpaired) electrons. The number of methoxy groups -OCH3 is 1. The van der Waals surface area contributed by atoms with E-state index in [-0.39, 0.29) is 0 Å². The molecule has 0 bridgehead atoms. The van der Waals surface area contributed by atoms with Crippen molar-refractivity contribution in [3.05, 3.63) is 63.0 Å². The number of likely N-dealkylation sites (tertiary alicyclic amines) is 2. The van der Waals surface area contributed by atoms with Crippen LogP contribution >= 0.6 is 11.6 Å². The molecule has 0 N–H and O–H groups in total. The Balaban J connectivity index is 1.85. The first-order valence-corrected chi connectivity index (χ1v) is 9.36. The Morgan fingerprint density at radius 1 is 1.12 bits per heavy atom. The average Bonchev–Trinajstić information content (AvgIpc) is 2.54. The lowest BCUT2D eigenvalue weighted by Gasteiger charge is -2.61. The largest absolute Gasteiger partial charge is 0.497 e. The van der Waals surface area contributed by atoms with Gasteiger partial charge in [0.1, 0.15) is 5.75 Å². The quantitative estimate of drug-likeness (QED) is 0.827. The number of rotatable bonds is 3. The molecule has 4 rings (SSSR count). The summed E-state index contributed by atoms with van der Waals surface area (Å²) in [6.45, 7) is 11.0. The molecule has 0 atom stereocenters. The Morgan fingerprint density at radius 2 is 1.85 bits per heavy atom. The minimum absolute atomic E-state index is 0.459. The third-order valence-electron chi connectivity index (χ3n) is 5.60. The summed E-state index contributed by atoms with van der Waals surface area (Å²) in [4.78, 5) is 4.88. The first-order valence-electron chi connectivity index (χ1n) is 8.98. The van der Waals surface area contributed by atoms with Crippen LogP contribution in [-0.2, 0) is 0 Å². The van der Waals surface area contributed by atoms with Crippen LogP contribution in [0.25, 0.3) is 12.3 Å². The first-order chi connectivity index (χ1) is 12.4. The summed E-state index contributed by atoms with van der Waals surface area (Å²) in [6, 6.07) is 12.3. The van der Waals surface area contributed by atoms with Crippen molar-refractivity contribution < 1.29 is 4.74 Å². The molecule has 4 heteroatoms. The van der Waals surface area contributed by atoms with E-state index in [1.165, 1.54) is 29.9 Å². The number of halogens is 1. The molecule has 2 heterocycles. The van der Waals surface area contributed by atoms with Gasteiger partial charge in [0.2, 0.25) is 0 Å². The van der Waals surface area contributed by atoms with E-state index in [1.54, 1.807) is 7.11 Å². The van der Waals surface area contributed by atoms with Crippen LogP contribution in [0.5, 0.6) is 5.75 Å². The lowest BCUT2D eigenvalue weighted by molar-refractivity contribution is -0.0784. The maximum absolute atomic E-state index is 6.18. The maximum Gasteiger partial charge on any atom is 0.119 e. The van der Waals surface area contributed by atoms with Crippen LogP contribution in [0, 0.1) is 12.3 Å². The number of aryl methyl sites for hydroxylation is 1. The molecule has 2 aliphatic rings. The molecule has 2 aliphatic heterocycles. The van der Waals surface area contributed by atoms with Gasteiger partial charge in [0.15, 0.2) is 0 Å². The predicted molar refractivity (Wildman–Crippen MR) is 108 cm³/mol. The molecule has 2 saturated heterocycles. The van der Waals surface area contributed by atoms with Crippen LogP contribution in [0.1, 0.15) is 11.1 Å². The topological polar surface area (TPSA) is 15.7 Å². The average molecular weight is 369 g/mol. The fraction of sp³-hybridized carbons (Fsp3) is 0.364. The van der Waals surface area contributed by atoms with Gasteiger partial charge in [-0.25, -0.2) is 0 Å². The number of ether oxygens (including phenoxy) is 1. The molecule has 26 heavy (non-hydrogen) atoms. The summed E-state index contributed by atoms with van der Waals surface area (Å²) in [5.74, 6) is 0.876. The van der Waals surface area contributed by atoms with Crippen LogP contribution in [0.4, 0.5) is 0 Å². The lowest BCUT2D eigenvalue weighted by atomic mass is 9.72. The maximum atomic E-state index is 6.18. The Labute approximate surface area is 160 Å². The standard InChI is InChI=1S/C22H25ClN2O/c1-15-5-7-18(26-4)10-20(15)21(19-8-6-17(23)9-16(19)2)25-13-22(14-25)11-24(3)12-22/h5-10H,2,11-14H2,1,3-4H3/b21-19+. The molecule has 0 saturated carbocycles. The van der Waals surface area contributed by atoms with E-state index in [2.05, 4.69) is 48.5 Å². The number of benzene rings is 2. The molecule has 0 unspecified atom stereocenters. The van der Waals surface area contributed by atoms with Crippen LogP contribution in [0.3, 0.4) is 0 Å². The van der Waals surface area contributed by atoms with Crippen LogP contribution in [0.2, 0.25) is 5.02 Å². The summed E-state index contributed by atoms with van der Waals surface area (Å²) in [5, 5.41) is 2.83. The Morgan fingerprint density at radius 3 is 2.46 bits per heavy atom. The summed E-state index contributed by atoms with van der Waals surface area (Å²) < 4.78 is 5.49. The fourth-order valence-corrected chi connectivity index (χ4v) is 4.68. The van der Waals surface area contributed by atoms with E-state index in [0.717, 1.165) is 34.3 Å². The van der Waals surface area contributed by atoms with Crippen molar-refractivity contribution >= 4 is 23.9 Å². The second-order valence-electron chi connectivity index (χ2n) is 7.86. The summed E-state index contributed by atoms with van der Waals surface area (Å²) in [7, 11) is 3.91. The summed E-state index contributed by atoms with van der Waals surface area (Å²) in [6.07, 6.45) is 0. The van der Waals surface area contributed by atoms with Gasteiger partial charge in [-0.3, -0.25) is 0 Å². The van der Waals surface area contributed by atoms with Gasteiger partial charge in [0.25, 0.3) is 0 Å². The van der Waals surface area contributed by atoms with E-state index in [1.807, 2.05) is 18.2 Å². The highest BCUT2D eigenvalue weighted by molar-refractivity contribution is 6.30. The van der Waals surface area contributed by atoms with E-state index in [9.17, 15) is 0 Å². The van der Waals surface area contributed by atoms with Crippen molar-refractivity contribution in [3.8, 4) is 5.75 Å². The van der Waals surface area contributed by atoms with Crippen molar-refractivity contribution in [2.24, 2.45) is 5.41 Å². The molecule has 0 aliphatic carbocycles. The van der Waals surface area contributed by atoms with Gasteiger partial charge < -0.3 is 14.5 Å². The van der Waals surface area contributed by atoms with Gasteiger partial charge in [0.05, 0.1) is 12.8 Å². The Bertz CT molecular complexity index is 955. The van der Waals surface area contributed by atoms with Crippen molar-refractivity contribution in [2.45, 2.75) is 6.92 Å². The fourth-order valence-electron chi connectivity index (χ4n) is 4.48. The van der Waals surface area contributed by atoms with E-state index < -0.39 is 0 Å². The zero-order chi connectivity index (χ0) is 18.5. The third-order valence-corrected chi connectivity index (χ3v) is 5.84. The van der Waals surface area contributed by atoms with Crippen molar-refractivity contribution in [3.63, 3.8) is 0 Å². The number of hydrogen-bond donors (Lipinski definition) is 0. The van der Waals surface area contributed by atoms with Gasteiger partial charge in [0, 0.05) is 47.4 Å². The van der Waals surface area contributed by atoms with Crippen LogP contribution in [-0.4, -0.2) is 50.1 Å². The Hall–Kier alpha value is -1.97. The molecule has 2 aromatic carbocycles.